The third-order valence-corrected chi connectivity index (χ3v) is 4.69. The van der Waals surface area contributed by atoms with Gasteiger partial charge in [0, 0.05) is 19.6 Å². The summed E-state index contributed by atoms with van der Waals surface area (Å²) in [7, 11) is 0. The van der Waals surface area contributed by atoms with E-state index in [1.54, 1.807) is 6.92 Å². The fourth-order valence-corrected chi connectivity index (χ4v) is 3.35. The molecule has 5 heteroatoms. The van der Waals surface area contributed by atoms with Gasteiger partial charge in [0.1, 0.15) is 11.3 Å². The van der Waals surface area contributed by atoms with Crippen LogP contribution in [0, 0.1) is 19.3 Å². The number of piperidine rings is 1. The molecule has 5 nitrogen and oxygen atoms in total. The van der Waals surface area contributed by atoms with Crippen molar-refractivity contribution in [2.24, 2.45) is 5.41 Å². The van der Waals surface area contributed by atoms with E-state index in [2.05, 4.69) is 10.5 Å². The summed E-state index contributed by atoms with van der Waals surface area (Å²) in [5.74, 6) is 0.711. The van der Waals surface area contributed by atoms with Crippen LogP contribution in [0.25, 0.3) is 0 Å². The lowest BCUT2D eigenvalue weighted by atomic mass is 9.78. The molecule has 1 amide bonds. The highest BCUT2D eigenvalue weighted by molar-refractivity contribution is 5.96. The number of carbonyl (C=O) groups is 1. The van der Waals surface area contributed by atoms with E-state index < -0.39 is 0 Å². The Bertz CT molecular complexity index is 459. The monoisotopic (exact) mass is 263 g/mol. The van der Waals surface area contributed by atoms with Crippen LogP contribution in [0.4, 0.5) is 0 Å². The van der Waals surface area contributed by atoms with Gasteiger partial charge in [-0.2, -0.15) is 0 Å². The van der Waals surface area contributed by atoms with Crippen LogP contribution in [0.2, 0.25) is 0 Å². The van der Waals surface area contributed by atoms with Crippen LogP contribution in [-0.4, -0.2) is 42.1 Å². The van der Waals surface area contributed by atoms with Crippen LogP contribution >= 0.6 is 0 Å². The molecule has 2 fully saturated rings. The van der Waals surface area contributed by atoms with E-state index in [-0.39, 0.29) is 5.91 Å². The molecule has 0 aliphatic carbocycles. The van der Waals surface area contributed by atoms with E-state index in [9.17, 15) is 4.79 Å². The SMILES string of the molecule is Cc1noc(C)c1C(=O)N1CCC2(CCNC2)CC1. The number of aryl methyl sites for hydroxylation is 2. The molecule has 3 rings (SSSR count). The van der Waals surface area contributed by atoms with Crippen LogP contribution in [0.1, 0.15) is 41.1 Å². The van der Waals surface area contributed by atoms with Crippen molar-refractivity contribution in [2.75, 3.05) is 26.2 Å². The van der Waals surface area contributed by atoms with E-state index in [0.717, 1.165) is 39.0 Å². The number of nitrogens with one attached hydrogen (secondary N) is 1. The summed E-state index contributed by atoms with van der Waals surface area (Å²) in [6, 6.07) is 0. The molecular weight excluding hydrogens is 242 g/mol. The van der Waals surface area contributed by atoms with Crippen LogP contribution < -0.4 is 5.32 Å². The molecule has 0 saturated carbocycles. The number of hydrogen-bond acceptors (Lipinski definition) is 4. The predicted octanol–water partition coefficient (Wildman–Crippen LogP) is 1.51. The first-order valence-electron chi connectivity index (χ1n) is 7.04. The quantitative estimate of drug-likeness (QED) is 0.834. The molecule has 1 spiro atoms. The molecule has 2 aliphatic rings. The molecule has 1 N–H and O–H groups in total. The van der Waals surface area contributed by atoms with Gasteiger partial charge in [-0.1, -0.05) is 5.16 Å². The Morgan fingerprint density at radius 2 is 2.05 bits per heavy atom. The van der Waals surface area contributed by atoms with Gasteiger partial charge in [-0.05, 0) is 45.1 Å². The second-order valence-electron chi connectivity index (χ2n) is 5.92. The highest BCUT2D eigenvalue weighted by atomic mass is 16.5. The molecule has 0 radical (unpaired) electrons. The standard InChI is InChI=1S/C14H21N3O2/c1-10-12(11(2)19-16-10)13(18)17-7-4-14(5-8-17)3-6-15-9-14/h15H,3-9H2,1-2H3. The summed E-state index contributed by atoms with van der Waals surface area (Å²) in [5.41, 5.74) is 1.79. The van der Waals surface area contributed by atoms with E-state index in [4.69, 9.17) is 4.52 Å². The summed E-state index contributed by atoms with van der Waals surface area (Å²) < 4.78 is 5.09. The minimum atomic E-state index is 0.0806. The zero-order valence-electron chi connectivity index (χ0n) is 11.7. The molecule has 1 aromatic rings. The van der Waals surface area contributed by atoms with Crippen molar-refractivity contribution in [1.29, 1.82) is 0 Å². The average molecular weight is 263 g/mol. The first-order valence-corrected chi connectivity index (χ1v) is 7.04. The number of likely N-dealkylation sites (tertiary alicyclic amines) is 1. The average Bonchev–Trinajstić information content (AvgIpc) is 2.98. The van der Waals surface area contributed by atoms with Gasteiger partial charge in [0.15, 0.2) is 0 Å². The molecule has 0 atom stereocenters. The lowest BCUT2D eigenvalue weighted by Gasteiger charge is -2.38. The Hall–Kier alpha value is -1.36. The van der Waals surface area contributed by atoms with Gasteiger partial charge in [-0.3, -0.25) is 4.79 Å². The smallest absolute Gasteiger partial charge is 0.259 e. The fourth-order valence-electron chi connectivity index (χ4n) is 3.35. The van der Waals surface area contributed by atoms with E-state index >= 15 is 0 Å². The van der Waals surface area contributed by atoms with Crippen LogP contribution in [0.15, 0.2) is 4.52 Å². The minimum absolute atomic E-state index is 0.0806. The largest absolute Gasteiger partial charge is 0.361 e. The van der Waals surface area contributed by atoms with E-state index in [0.29, 0.717) is 22.4 Å². The van der Waals surface area contributed by atoms with Crippen LogP contribution in [0.5, 0.6) is 0 Å². The summed E-state index contributed by atoms with van der Waals surface area (Å²) in [6.45, 7) is 7.57. The van der Waals surface area contributed by atoms with Crippen molar-refractivity contribution in [3.8, 4) is 0 Å². The second-order valence-corrected chi connectivity index (χ2v) is 5.92. The fraction of sp³-hybridized carbons (Fsp3) is 0.714. The number of carbonyl (C=O) groups excluding carboxylic acids is 1. The maximum Gasteiger partial charge on any atom is 0.259 e. The van der Waals surface area contributed by atoms with Crippen molar-refractivity contribution in [3.05, 3.63) is 17.0 Å². The van der Waals surface area contributed by atoms with Gasteiger partial charge in [-0.25, -0.2) is 0 Å². The van der Waals surface area contributed by atoms with Crippen LogP contribution in [-0.2, 0) is 0 Å². The maximum absolute atomic E-state index is 12.5. The van der Waals surface area contributed by atoms with Crippen LogP contribution in [0.3, 0.4) is 0 Å². The van der Waals surface area contributed by atoms with Gasteiger partial charge >= 0.3 is 0 Å². The Morgan fingerprint density at radius 3 is 2.58 bits per heavy atom. The number of nitrogens with zero attached hydrogens (tertiary/aromatic N) is 2. The van der Waals surface area contributed by atoms with Crippen molar-refractivity contribution in [1.82, 2.24) is 15.4 Å². The van der Waals surface area contributed by atoms with Gasteiger partial charge in [0.2, 0.25) is 0 Å². The summed E-state index contributed by atoms with van der Waals surface area (Å²) in [5, 5.41) is 7.31. The highest BCUT2D eigenvalue weighted by Gasteiger charge is 2.38. The second kappa shape index (κ2) is 4.63. The molecule has 2 saturated heterocycles. The van der Waals surface area contributed by atoms with Crippen molar-refractivity contribution < 1.29 is 9.32 Å². The van der Waals surface area contributed by atoms with Crippen molar-refractivity contribution >= 4 is 5.91 Å². The first kappa shape index (κ1) is 12.7. The maximum atomic E-state index is 12.5. The number of hydrogen-bond donors (Lipinski definition) is 1. The molecule has 0 unspecified atom stereocenters. The predicted molar refractivity (Wildman–Crippen MR) is 71.0 cm³/mol. The Kier molecular flexibility index (Phi) is 3.09. The van der Waals surface area contributed by atoms with Gasteiger partial charge < -0.3 is 14.7 Å². The van der Waals surface area contributed by atoms with Gasteiger partial charge in [-0.15, -0.1) is 0 Å². The molecule has 104 valence electrons. The Labute approximate surface area is 113 Å². The molecular formula is C14H21N3O2. The zero-order chi connectivity index (χ0) is 13.5. The molecule has 19 heavy (non-hydrogen) atoms. The molecule has 0 bridgehead atoms. The molecule has 2 aliphatic heterocycles. The normalized spacial score (nSPS) is 22.1. The number of amides is 1. The number of aromatic nitrogens is 1. The first-order chi connectivity index (χ1) is 9.11. The lowest BCUT2D eigenvalue weighted by molar-refractivity contribution is 0.0605. The molecule has 1 aromatic heterocycles. The topological polar surface area (TPSA) is 58.4 Å². The van der Waals surface area contributed by atoms with Crippen molar-refractivity contribution in [3.63, 3.8) is 0 Å². The lowest BCUT2D eigenvalue weighted by Crippen LogP contribution is -2.44. The minimum Gasteiger partial charge on any atom is -0.361 e. The van der Waals surface area contributed by atoms with Gasteiger partial charge in [0.25, 0.3) is 5.91 Å². The molecule has 3 heterocycles. The summed E-state index contributed by atoms with van der Waals surface area (Å²) in [6.07, 6.45) is 3.46. The summed E-state index contributed by atoms with van der Waals surface area (Å²) >= 11 is 0. The van der Waals surface area contributed by atoms with E-state index in [1.165, 1.54) is 6.42 Å². The number of rotatable bonds is 1. The third-order valence-electron chi connectivity index (χ3n) is 4.69. The van der Waals surface area contributed by atoms with E-state index in [1.807, 2.05) is 11.8 Å². The zero-order valence-corrected chi connectivity index (χ0v) is 11.7. The summed E-state index contributed by atoms with van der Waals surface area (Å²) in [4.78, 5) is 14.5. The third kappa shape index (κ3) is 2.16. The molecule has 0 aromatic carbocycles. The highest BCUT2D eigenvalue weighted by Crippen LogP contribution is 2.37. The van der Waals surface area contributed by atoms with Crippen molar-refractivity contribution in [2.45, 2.75) is 33.1 Å². The Balaban J connectivity index is 1.70. The van der Waals surface area contributed by atoms with Gasteiger partial charge in [0.05, 0.1) is 5.69 Å². The Morgan fingerprint density at radius 1 is 1.32 bits per heavy atom.